The molecule has 2 rings (SSSR count). The quantitative estimate of drug-likeness (QED) is 0.778. The SMILES string of the molecule is O=S(=O)([O-])CCCN1CCSc2ccccc21. The zero-order chi connectivity index (χ0) is 12.3. The van der Waals surface area contributed by atoms with Gasteiger partial charge in [-0.05, 0) is 18.6 Å². The van der Waals surface area contributed by atoms with Crippen molar-refractivity contribution in [1.29, 1.82) is 0 Å². The molecule has 94 valence electrons. The predicted molar refractivity (Wildman–Crippen MR) is 68.6 cm³/mol. The average molecular weight is 272 g/mol. The van der Waals surface area contributed by atoms with Gasteiger partial charge in [0.25, 0.3) is 0 Å². The summed E-state index contributed by atoms with van der Waals surface area (Å²) in [6.45, 7) is 1.53. The Morgan fingerprint density at radius 2 is 2.12 bits per heavy atom. The summed E-state index contributed by atoms with van der Waals surface area (Å²) in [5.41, 5.74) is 1.15. The average Bonchev–Trinajstić information content (AvgIpc) is 2.28. The second-order valence-electron chi connectivity index (χ2n) is 3.92. The number of rotatable bonds is 4. The van der Waals surface area contributed by atoms with Gasteiger partial charge in [0.1, 0.15) is 0 Å². The van der Waals surface area contributed by atoms with Crippen LogP contribution >= 0.6 is 11.8 Å². The lowest BCUT2D eigenvalue weighted by atomic mass is 10.2. The van der Waals surface area contributed by atoms with E-state index in [9.17, 15) is 13.0 Å². The van der Waals surface area contributed by atoms with Gasteiger partial charge in [-0.15, -0.1) is 11.8 Å². The van der Waals surface area contributed by atoms with E-state index in [0.29, 0.717) is 13.0 Å². The van der Waals surface area contributed by atoms with Crippen molar-refractivity contribution in [3.8, 4) is 0 Å². The minimum atomic E-state index is -4.08. The molecule has 0 N–H and O–H groups in total. The van der Waals surface area contributed by atoms with E-state index in [0.717, 1.165) is 18.0 Å². The van der Waals surface area contributed by atoms with Crippen LogP contribution in [-0.4, -0.2) is 37.6 Å². The van der Waals surface area contributed by atoms with Crippen molar-refractivity contribution in [1.82, 2.24) is 0 Å². The Morgan fingerprint density at radius 3 is 2.88 bits per heavy atom. The van der Waals surface area contributed by atoms with Crippen LogP contribution in [0.4, 0.5) is 5.69 Å². The van der Waals surface area contributed by atoms with Gasteiger partial charge in [-0.2, -0.15) is 0 Å². The number of anilines is 1. The summed E-state index contributed by atoms with van der Waals surface area (Å²) in [5, 5.41) is 0. The van der Waals surface area contributed by atoms with E-state index in [1.807, 2.05) is 30.0 Å². The molecule has 4 nitrogen and oxygen atoms in total. The minimum Gasteiger partial charge on any atom is -0.748 e. The Labute approximate surface area is 106 Å². The van der Waals surface area contributed by atoms with Crippen LogP contribution in [-0.2, 0) is 10.1 Å². The number of para-hydroxylation sites is 1. The molecule has 0 amide bonds. The third-order valence-electron chi connectivity index (χ3n) is 2.65. The van der Waals surface area contributed by atoms with E-state index < -0.39 is 10.1 Å². The number of hydrogen-bond donors (Lipinski definition) is 0. The van der Waals surface area contributed by atoms with Crippen molar-refractivity contribution in [2.24, 2.45) is 0 Å². The van der Waals surface area contributed by atoms with Crippen LogP contribution in [0.15, 0.2) is 29.2 Å². The Balaban J connectivity index is 1.99. The van der Waals surface area contributed by atoms with Gasteiger partial charge in [-0.1, -0.05) is 12.1 Å². The maximum atomic E-state index is 10.5. The summed E-state index contributed by atoms with van der Waals surface area (Å²) in [7, 11) is -4.08. The molecular weight excluding hydrogens is 258 g/mol. The first kappa shape index (κ1) is 12.7. The monoisotopic (exact) mass is 272 g/mol. The molecule has 6 heteroatoms. The van der Waals surface area contributed by atoms with Crippen LogP contribution in [0.1, 0.15) is 6.42 Å². The fourth-order valence-corrected chi connectivity index (χ4v) is 3.43. The first-order valence-corrected chi connectivity index (χ1v) is 8.03. The Morgan fingerprint density at radius 1 is 1.35 bits per heavy atom. The highest BCUT2D eigenvalue weighted by atomic mass is 32.2. The third kappa shape index (κ3) is 3.62. The van der Waals surface area contributed by atoms with Crippen LogP contribution in [0, 0.1) is 0 Å². The molecule has 0 unspecified atom stereocenters. The van der Waals surface area contributed by atoms with E-state index in [2.05, 4.69) is 11.0 Å². The Bertz CT molecular complexity index is 487. The zero-order valence-electron chi connectivity index (χ0n) is 9.33. The number of thioether (sulfide) groups is 1. The highest BCUT2D eigenvalue weighted by Crippen LogP contribution is 2.34. The third-order valence-corrected chi connectivity index (χ3v) is 4.48. The Kier molecular flexibility index (Phi) is 3.96. The molecule has 0 aromatic heterocycles. The highest BCUT2D eigenvalue weighted by Gasteiger charge is 2.16. The van der Waals surface area contributed by atoms with E-state index in [1.165, 1.54) is 4.90 Å². The molecule has 0 saturated carbocycles. The number of nitrogens with zero attached hydrogens (tertiary/aromatic N) is 1. The maximum absolute atomic E-state index is 10.5. The van der Waals surface area contributed by atoms with Crippen molar-refractivity contribution in [2.45, 2.75) is 11.3 Å². The first-order valence-electron chi connectivity index (χ1n) is 5.46. The molecular formula is C11H14NO3S2-. The predicted octanol–water partition coefficient (Wildman–Crippen LogP) is 1.53. The van der Waals surface area contributed by atoms with Crippen LogP contribution in [0.25, 0.3) is 0 Å². The standard InChI is InChI=1S/C11H15NO3S2/c13-17(14,15)9-3-6-12-7-8-16-11-5-2-1-4-10(11)12/h1-2,4-5H,3,6-9H2,(H,13,14,15)/p-1. The van der Waals surface area contributed by atoms with Gasteiger partial charge in [-0.25, -0.2) is 8.42 Å². The second kappa shape index (κ2) is 5.29. The molecule has 1 heterocycles. The molecule has 0 aliphatic carbocycles. The number of fused-ring (bicyclic) bond motifs is 1. The van der Waals surface area contributed by atoms with Crippen molar-refractivity contribution in [2.75, 3.05) is 29.5 Å². The van der Waals surface area contributed by atoms with E-state index in [4.69, 9.17) is 0 Å². The molecule has 0 spiro atoms. The van der Waals surface area contributed by atoms with E-state index in [1.54, 1.807) is 0 Å². The lowest BCUT2D eigenvalue weighted by Crippen LogP contribution is -2.31. The van der Waals surface area contributed by atoms with Gasteiger partial charge >= 0.3 is 0 Å². The summed E-state index contributed by atoms with van der Waals surface area (Å²) in [6, 6.07) is 8.07. The summed E-state index contributed by atoms with van der Waals surface area (Å²) < 4.78 is 31.6. The summed E-state index contributed by atoms with van der Waals surface area (Å²) in [5.74, 6) is 0.722. The van der Waals surface area contributed by atoms with Gasteiger partial charge in [0.15, 0.2) is 0 Å². The molecule has 0 radical (unpaired) electrons. The second-order valence-corrected chi connectivity index (χ2v) is 6.58. The van der Waals surface area contributed by atoms with Gasteiger partial charge in [0, 0.05) is 29.5 Å². The van der Waals surface area contributed by atoms with Crippen LogP contribution < -0.4 is 4.90 Å². The van der Waals surface area contributed by atoms with Gasteiger partial charge in [0.05, 0.1) is 15.8 Å². The molecule has 0 bridgehead atoms. The summed E-state index contributed by atoms with van der Waals surface area (Å²) in [4.78, 5) is 3.38. The lowest BCUT2D eigenvalue weighted by molar-refractivity contribution is 0.461. The molecule has 1 aromatic rings. The zero-order valence-corrected chi connectivity index (χ0v) is 11.0. The first-order chi connectivity index (χ1) is 8.06. The smallest absolute Gasteiger partial charge is 0.0946 e. The summed E-state index contributed by atoms with van der Waals surface area (Å²) >= 11 is 1.81. The fourth-order valence-electron chi connectivity index (χ4n) is 1.89. The van der Waals surface area contributed by atoms with Crippen LogP contribution in [0.2, 0.25) is 0 Å². The van der Waals surface area contributed by atoms with Crippen molar-refractivity contribution < 1.29 is 13.0 Å². The Hall–Kier alpha value is -0.720. The van der Waals surface area contributed by atoms with Gasteiger partial charge < -0.3 is 9.45 Å². The van der Waals surface area contributed by atoms with Crippen molar-refractivity contribution in [3.63, 3.8) is 0 Å². The molecule has 0 atom stereocenters. The normalized spacial score (nSPS) is 15.7. The topological polar surface area (TPSA) is 60.4 Å². The van der Waals surface area contributed by atoms with E-state index >= 15 is 0 Å². The molecule has 1 aliphatic rings. The highest BCUT2D eigenvalue weighted by molar-refractivity contribution is 7.99. The van der Waals surface area contributed by atoms with E-state index in [-0.39, 0.29) is 5.75 Å². The molecule has 1 aromatic carbocycles. The minimum absolute atomic E-state index is 0.279. The van der Waals surface area contributed by atoms with Gasteiger partial charge in [0.2, 0.25) is 0 Å². The maximum Gasteiger partial charge on any atom is 0.0946 e. The molecule has 0 fully saturated rings. The number of benzene rings is 1. The number of hydrogen-bond acceptors (Lipinski definition) is 5. The fraction of sp³-hybridized carbons (Fsp3) is 0.455. The largest absolute Gasteiger partial charge is 0.748 e. The molecule has 17 heavy (non-hydrogen) atoms. The van der Waals surface area contributed by atoms with Gasteiger partial charge in [-0.3, -0.25) is 0 Å². The van der Waals surface area contributed by atoms with Crippen LogP contribution in [0.5, 0.6) is 0 Å². The van der Waals surface area contributed by atoms with Crippen molar-refractivity contribution >= 4 is 27.6 Å². The molecule has 0 saturated heterocycles. The molecule has 1 aliphatic heterocycles. The lowest BCUT2D eigenvalue weighted by Gasteiger charge is -2.30. The summed E-state index contributed by atoms with van der Waals surface area (Å²) in [6.07, 6.45) is 0.394. The van der Waals surface area contributed by atoms with Crippen LogP contribution in [0.3, 0.4) is 0 Å². The van der Waals surface area contributed by atoms with Crippen molar-refractivity contribution in [3.05, 3.63) is 24.3 Å².